The number of carboxylic acids is 2. The standard InChI is InChI=1S/C25H23ClN4O6/c1-3-10-30(13-16-11-18-21(12-19(16)26)27-14(2)28-24(18)34)17-6-4-15(5-7-17)23(33)29-20(25(35)36)8-9-22(31)32/h1,4-7,11-12,20H,8-10,13H2,2H3,(H,29,33)(H,31,32)(H,35,36)(H,27,28,34)/t20-/m0/s1. The first-order valence-corrected chi connectivity index (χ1v) is 11.2. The molecule has 3 aromatic rings. The normalized spacial score (nSPS) is 11.5. The zero-order valence-corrected chi connectivity index (χ0v) is 20.0. The van der Waals surface area contributed by atoms with Crippen LogP contribution >= 0.6 is 11.6 Å². The van der Waals surface area contributed by atoms with Gasteiger partial charge in [-0.25, -0.2) is 9.78 Å². The topological polar surface area (TPSA) is 153 Å². The maximum Gasteiger partial charge on any atom is 0.326 e. The Morgan fingerprint density at radius 3 is 2.53 bits per heavy atom. The fraction of sp³-hybridized carbons (Fsp3) is 0.240. The second-order valence-corrected chi connectivity index (χ2v) is 8.42. The van der Waals surface area contributed by atoms with Crippen molar-refractivity contribution in [3.8, 4) is 12.3 Å². The van der Waals surface area contributed by atoms with E-state index in [-0.39, 0.29) is 30.6 Å². The van der Waals surface area contributed by atoms with Crippen LogP contribution in [0.4, 0.5) is 5.69 Å². The van der Waals surface area contributed by atoms with Crippen LogP contribution in [-0.4, -0.2) is 50.6 Å². The number of benzene rings is 2. The molecular formula is C25H23ClN4O6. The molecule has 0 fully saturated rings. The second kappa shape index (κ2) is 11.4. The highest BCUT2D eigenvalue weighted by Gasteiger charge is 2.22. The predicted octanol–water partition coefficient (Wildman–Crippen LogP) is 2.57. The van der Waals surface area contributed by atoms with E-state index < -0.39 is 30.3 Å². The highest BCUT2D eigenvalue weighted by atomic mass is 35.5. The van der Waals surface area contributed by atoms with Crippen molar-refractivity contribution >= 4 is 46.0 Å². The molecule has 0 spiro atoms. The third-order valence-electron chi connectivity index (χ3n) is 5.38. The molecule has 1 aromatic heterocycles. The monoisotopic (exact) mass is 510 g/mol. The summed E-state index contributed by atoms with van der Waals surface area (Å²) in [7, 11) is 0. The highest BCUT2D eigenvalue weighted by Crippen LogP contribution is 2.25. The van der Waals surface area contributed by atoms with Crippen LogP contribution in [0.2, 0.25) is 5.02 Å². The van der Waals surface area contributed by atoms with Crippen molar-refractivity contribution in [1.29, 1.82) is 0 Å². The van der Waals surface area contributed by atoms with Crippen LogP contribution in [0.25, 0.3) is 10.9 Å². The summed E-state index contributed by atoms with van der Waals surface area (Å²) in [4.78, 5) is 55.7. The average molecular weight is 511 g/mol. The maximum absolute atomic E-state index is 12.5. The Labute approximate surface area is 210 Å². The first-order chi connectivity index (χ1) is 17.1. The molecule has 0 radical (unpaired) electrons. The third kappa shape index (κ3) is 6.40. The van der Waals surface area contributed by atoms with Gasteiger partial charge in [0.05, 0.1) is 17.4 Å². The fourth-order valence-corrected chi connectivity index (χ4v) is 3.81. The molecule has 10 nitrogen and oxygen atoms in total. The Morgan fingerprint density at radius 1 is 1.22 bits per heavy atom. The summed E-state index contributed by atoms with van der Waals surface area (Å²) in [6.45, 7) is 2.16. The number of halogens is 1. The van der Waals surface area contributed by atoms with Gasteiger partial charge < -0.3 is 25.4 Å². The molecule has 0 saturated heterocycles. The summed E-state index contributed by atoms with van der Waals surface area (Å²) < 4.78 is 0. The Balaban J connectivity index is 1.81. The molecule has 0 bridgehead atoms. The number of nitrogens with zero attached hydrogens (tertiary/aromatic N) is 2. The van der Waals surface area contributed by atoms with E-state index in [1.165, 1.54) is 12.1 Å². The van der Waals surface area contributed by atoms with Crippen molar-refractivity contribution in [3.63, 3.8) is 0 Å². The molecule has 0 aliphatic heterocycles. The van der Waals surface area contributed by atoms with Gasteiger partial charge in [-0.2, -0.15) is 0 Å². The van der Waals surface area contributed by atoms with Crippen molar-refractivity contribution in [3.05, 3.63) is 68.7 Å². The third-order valence-corrected chi connectivity index (χ3v) is 5.73. The number of hydrogen-bond donors (Lipinski definition) is 4. The molecule has 4 N–H and O–H groups in total. The zero-order chi connectivity index (χ0) is 26.4. The number of hydrogen-bond acceptors (Lipinski definition) is 6. The second-order valence-electron chi connectivity index (χ2n) is 8.02. The van der Waals surface area contributed by atoms with Crippen LogP contribution in [0.5, 0.6) is 0 Å². The molecule has 1 amide bonds. The smallest absolute Gasteiger partial charge is 0.326 e. The molecule has 3 rings (SSSR count). The van der Waals surface area contributed by atoms with Crippen LogP contribution < -0.4 is 15.8 Å². The Hall–Kier alpha value is -4.36. The first kappa shape index (κ1) is 26.2. The van der Waals surface area contributed by atoms with Gasteiger partial charge in [-0.15, -0.1) is 6.42 Å². The van der Waals surface area contributed by atoms with Gasteiger partial charge in [0.25, 0.3) is 11.5 Å². The van der Waals surface area contributed by atoms with E-state index in [9.17, 15) is 24.3 Å². The van der Waals surface area contributed by atoms with Gasteiger partial charge in [0, 0.05) is 29.2 Å². The first-order valence-electron chi connectivity index (χ1n) is 10.8. The number of rotatable bonds is 10. The molecular weight excluding hydrogens is 488 g/mol. The number of carbonyl (C=O) groups excluding carboxylic acids is 1. The number of nitrogens with one attached hydrogen (secondary N) is 2. The summed E-state index contributed by atoms with van der Waals surface area (Å²) in [6, 6.07) is 8.25. The summed E-state index contributed by atoms with van der Waals surface area (Å²) in [5.74, 6) is -0.0795. The van der Waals surface area contributed by atoms with E-state index in [0.717, 1.165) is 0 Å². The zero-order valence-electron chi connectivity index (χ0n) is 19.2. The van der Waals surface area contributed by atoms with E-state index >= 15 is 0 Å². The lowest BCUT2D eigenvalue weighted by molar-refractivity contribution is -0.140. The lowest BCUT2D eigenvalue weighted by atomic mass is 10.1. The van der Waals surface area contributed by atoms with E-state index in [1.807, 2.05) is 4.90 Å². The van der Waals surface area contributed by atoms with Crippen molar-refractivity contribution in [2.45, 2.75) is 32.4 Å². The Morgan fingerprint density at radius 2 is 1.92 bits per heavy atom. The van der Waals surface area contributed by atoms with Gasteiger partial charge in [0.15, 0.2) is 0 Å². The number of carboxylic acid groups (broad SMARTS) is 2. The van der Waals surface area contributed by atoms with Gasteiger partial charge >= 0.3 is 11.9 Å². The van der Waals surface area contributed by atoms with Crippen molar-refractivity contribution in [1.82, 2.24) is 15.3 Å². The number of amides is 1. The number of aromatic amines is 1. The van der Waals surface area contributed by atoms with Crippen LogP contribution in [0, 0.1) is 19.3 Å². The van der Waals surface area contributed by atoms with Gasteiger partial charge in [-0.05, 0) is 55.3 Å². The van der Waals surface area contributed by atoms with Crippen LogP contribution in [0.3, 0.4) is 0 Å². The van der Waals surface area contributed by atoms with Crippen LogP contribution in [0.15, 0.2) is 41.2 Å². The maximum atomic E-state index is 12.5. The lowest BCUT2D eigenvalue weighted by Crippen LogP contribution is -2.41. The Bertz CT molecular complexity index is 1410. The van der Waals surface area contributed by atoms with E-state index in [0.29, 0.717) is 33.0 Å². The number of anilines is 1. The van der Waals surface area contributed by atoms with Gasteiger partial charge in [-0.1, -0.05) is 17.5 Å². The van der Waals surface area contributed by atoms with Crippen molar-refractivity contribution in [2.24, 2.45) is 0 Å². The summed E-state index contributed by atoms with van der Waals surface area (Å²) in [5, 5.41) is 21.2. The number of carbonyl (C=O) groups is 3. The van der Waals surface area contributed by atoms with Crippen molar-refractivity contribution in [2.75, 3.05) is 11.4 Å². The van der Waals surface area contributed by atoms with E-state index in [1.54, 1.807) is 31.2 Å². The number of aromatic nitrogens is 2. The van der Waals surface area contributed by atoms with Gasteiger partial charge in [0.2, 0.25) is 0 Å². The van der Waals surface area contributed by atoms with E-state index in [2.05, 4.69) is 21.2 Å². The number of fused-ring (bicyclic) bond motifs is 1. The number of terminal acetylenes is 1. The summed E-state index contributed by atoms with van der Waals surface area (Å²) >= 11 is 6.46. The minimum absolute atomic E-state index is 0.192. The number of H-pyrrole nitrogens is 1. The van der Waals surface area contributed by atoms with Crippen LogP contribution in [0.1, 0.15) is 34.6 Å². The molecule has 0 aliphatic rings. The average Bonchev–Trinajstić information content (AvgIpc) is 2.81. The van der Waals surface area contributed by atoms with Gasteiger partial charge in [0.1, 0.15) is 11.9 Å². The highest BCUT2D eigenvalue weighted by molar-refractivity contribution is 6.32. The molecule has 11 heteroatoms. The molecule has 0 aliphatic carbocycles. The summed E-state index contributed by atoms with van der Waals surface area (Å²) in [6.07, 6.45) is 4.92. The number of aliphatic carboxylic acids is 2. The molecule has 1 atom stereocenters. The van der Waals surface area contributed by atoms with Crippen LogP contribution in [-0.2, 0) is 16.1 Å². The molecule has 36 heavy (non-hydrogen) atoms. The quantitative estimate of drug-likeness (QED) is 0.304. The molecule has 0 unspecified atom stereocenters. The molecule has 0 saturated carbocycles. The Kier molecular flexibility index (Phi) is 8.30. The van der Waals surface area contributed by atoms with Crippen molar-refractivity contribution < 1.29 is 24.6 Å². The minimum atomic E-state index is -1.33. The molecule has 2 aromatic carbocycles. The molecule has 186 valence electrons. The summed E-state index contributed by atoms with van der Waals surface area (Å²) in [5.41, 5.74) is 1.71. The van der Waals surface area contributed by atoms with Gasteiger partial charge in [-0.3, -0.25) is 14.4 Å². The molecule has 1 heterocycles. The minimum Gasteiger partial charge on any atom is -0.481 e. The lowest BCUT2D eigenvalue weighted by Gasteiger charge is -2.23. The predicted molar refractivity (Wildman–Crippen MR) is 134 cm³/mol. The SMILES string of the molecule is C#CCN(Cc1cc2c(=O)[nH]c(C)nc2cc1Cl)c1ccc(C(=O)N[C@@H](CCC(=O)O)C(=O)O)cc1. The number of aryl methyl sites for hydroxylation is 1. The fourth-order valence-electron chi connectivity index (χ4n) is 3.59. The largest absolute Gasteiger partial charge is 0.481 e. The van der Waals surface area contributed by atoms with E-state index in [4.69, 9.17) is 23.1 Å².